The lowest BCUT2D eigenvalue weighted by atomic mass is 9.95. The number of likely N-dealkylation sites (tertiary alicyclic amines) is 1. The molecule has 1 heterocycles. The van der Waals surface area contributed by atoms with Crippen LogP contribution in [0.15, 0.2) is 54.6 Å². The van der Waals surface area contributed by atoms with E-state index < -0.39 is 0 Å². The van der Waals surface area contributed by atoms with Gasteiger partial charge in [-0.25, -0.2) is 4.39 Å². The molecule has 5 heteroatoms. The van der Waals surface area contributed by atoms with E-state index in [4.69, 9.17) is 0 Å². The highest BCUT2D eigenvalue weighted by Crippen LogP contribution is 2.21. The zero-order valence-corrected chi connectivity index (χ0v) is 13.2. The van der Waals surface area contributed by atoms with Crippen LogP contribution in [-0.4, -0.2) is 29.8 Å². The molecule has 1 fully saturated rings. The molecule has 0 aliphatic carbocycles. The van der Waals surface area contributed by atoms with Crippen LogP contribution in [0.4, 0.5) is 10.1 Å². The summed E-state index contributed by atoms with van der Waals surface area (Å²) in [4.78, 5) is 26.4. The van der Waals surface area contributed by atoms with E-state index in [1.54, 1.807) is 4.90 Å². The highest BCUT2D eigenvalue weighted by atomic mass is 19.1. The number of carbonyl (C=O) groups excluding carboxylic acids is 2. The molecule has 2 aromatic carbocycles. The number of anilines is 1. The van der Waals surface area contributed by atoms with Gasteiger partial charge in [-0.15, -0.1) is 0 Å². The molecule has 124 valence electrons. The Morgan fingerprint density at radius 3 is 2.21 bits per heavy atom. The van der Waals surface area contributed by atoms with Crippen LogP contribution in [0.3, 0.4) is 0 Å². The van der Waals surface area contributed by atoms with Crippen molar-refractivity contribution in [1.82, 2.24) is 4.90 Å². The number of nitrogens with zero attached hydrogens (tertiary/aromatic N) is 1. The van der Waals surface area contributed by atoms with Crippen molar-refractivity contribution >= 4 is 17.5 Å². The largest absolute Gasteiger partial charge is 0.339 e. The third-order valence-corrected chi connectivity index (χ3v) is 4.29. The Balaban J connectivity index is 1.54. The Hall–Kier alpha value is -2.69. The highest BCUT2D eigenvalue weighted by Gasteiger charge is 2.27. The van der Waals surface area contributed by atoms with Gasteiger partial charge in [-0.05, 0) is 49.2 Å². The molecule has 0 bridgehead atoms. The average molecular weight is 326 g/mol. The third kappa shape index (κ3) is 3.79. The molecule has 0 saturated carbocycles. The van der Waals surface area contributed by atoms with E-state index in [1.165, 1.54) is 24.3 Å². The van der Waals surface area contributed by atoms with Gasteiger partial charge in [0.25, 0.3) is 5.91 Å². The lowest BCUT2D eigenvalue weighted by Gasteiger charge is -2.31. The quantitative estimate of drug-likeness (QED) is 0.941. The van der Waals surface area contributed by atoms with Crippen molar-refractivity contribution in [2.75, 3.05) is 18.4 Å². The van der Waals surface area contributed by atoms with Crippen molar-refractivity contribution in [1.29, 1.82) is 0 Å². The Kier molecular flexibility index (Phi) is 4.89. The maximum absolute atomic E-state index is 12.9. The van der Waals surface area contributed by atoms with E-state index in [1.807, 2.05) is 30.3 Å². The first-order valence-corrected chi connectivity index (χ1v) is 8.04. The minimum Gasteiger partial charge on any atom is -0.339 e. The molecule has 1 aliphatic rings. The summed E-state index contributed by atoms with van der Waals surface area (Å²) in [7, 11) is 0. The highest BCUT2D eigenvalue weighted by molar-refractivity contribution is 5.95. The van der Waals surface area contributed by atoms with E-state index in [0.29, 0.717) is 31.5 Å². The van der Waals surface area contributed by atoms with Crippen LogP contribution in [0.2, 0.25) is 0 Å². The number of halogens is 1. The van der Waals surface area contributed by atoms with Gasteiger partial charge in [0.1, 0.15) is 5.82 Å². The number of para-hydroxylation sites is 1. The molecule has 2 amide bonds. The number of piperidine rings is 1. The van der Waals surface area contributed by atoms with Crippen LogP contribution in [0, 0.1) is 11.7 Å². The first-order valence-electron chi connectivity index (χ1n) is 8.04. The SMILES string of the molecule is O=C(Nc1ccccc1)C1CCN(C(=O)c2ccc(F)cc2)CC1. The van der Waals surface area contributed by atoms with E-state index in [0.717, 1.165) is 5.69 Å². The lowest BCUT2D eigenvalue weighted by molar-refractivity contribution is -0.121. The fraction of sp³-hybridized carbons (Fsp3) is 0.263. The number of hydrogen-bond donors (Lipinski definition) is 1. The average Bonchev–Trinajstić information content (AvgIpc) is 2.63. The second-order valence-electron chi connectivity index (χ2n) is 5.93. The fourth-order valence-corrected chi connectivity index (χ4v) is 2.89. The summed E-state index contributed by atoms with van der Waals surface area (Å²) < 4.78 is 12.9. The van der Waals surface area contributed by atoms with Crippen molar-refractivity contribution in [3.8, 4) is 0 Å². The molecule has 2 aromatic rings. The summed E-state index contributed by atoms with van der Waals surface area (Å²) in [6.45, 7) is 1.06. The third-order valence-electron chi connectivity index (χ3n) is 4.29. The van der Waals surface area contributed by atoms with Gasteiger partial charge < -0.3 is 10.2 Å². The van der Waals surface area contributed by atoms with Gasteiger partial charge in [0, 0.05) is 30.3 Å². The van der Waals surface area contributed by atoms with Gasteiger partial charge in [-0.1, -0.05) is 18.2 Å². The fourth-order valence-electron chi connectivity index (χ4n) is 2.89. The number of amides is 2. The summed E-state index contributed by atoms with van der Waals surface area (Å²) in [6, 6.07) is 14.9. The molecule has 24 heavy (non-hydrogen) atoms. The summed E-state index contributed by atoms with van der Waals surface area (Å²) in [5, 5.41) is 2.91. The Bertz CT molecular complexity index is 708. The number of hydrogen-bond acceptors (Lipinski definition) is 2. The zero-order valence-electron chi connectivity index (χ0n) is 13.2. The minimum atomic E-state index is -0.358. The predicted molar refractivity (Wildman–Crippen MR) is 90.1 cm³/mol. The van der Waals surface area contributed by atoms with E-state index in [-0.39, 0.29) is 23.5 Å². The molecule has 0 atom stereocenters. The molecule has 3 rings (SSSR count). The second-order valence-corrected chi connectivity index (χ2v) is 5.93. The molecular formula is C19H19FN2O2. The molecule has 1 saturated heterocycles. The van der Waals surface area contributed by atoms with Crippen molar-refractivity contribution in [3.05, 3.63) is 66.0 Å². The standard InChI is InChI=1S/C19H19FN2O2/c20-16-8-6-15(7-9-16)19(24)22-12-10-14(11-13-22)18(23)21-17-4-2-1-3-5-17/h1-9,14H,10-13H2,(H,21,23). The maximum atomic E-state index is 12.9. The first-order chi connectivity index (χ1) is 11.6. The van der Waals surface area contributed by atoms with Gasteiger partial charge in [-0.2, -0.15) is 0 Å². The summed E-state index contributed by atoms with van der Waals surface area (Å²) in [5.74, 6) is -0.572. The first kappa shape index (κ1) is 16.2. The van der Waals surface area contributed by atoms with Crippen LogP contribution in [0.5, 0.6) is 0 Å². The zero-order chi connectivity index (χ0) is 16.9. The number of carbonyl (C=O) groups is 2. The second kappa shape index (κ2) is 7.25. The Morgan fingerprint density at radius 1 is 0.958 bits per heavy atom. The lowest BCUT2D eigenvalue weighted by Crippen LogP contribution is -2.41. The van der Waals surface area contributed by atoms with Gasteiger partial charge in [0.05, 0.1) is 0 Å². The van der Waals surface area contributed by atoms with Crippen LogP contribution in [0.1, 0.15) is 23.2 Å². The molecule has 0 radical (unpaired) electrons. The van der Waals surface area contributed by atoms with Crippen molar-refractivity contribution in [3.63, 3.8) is 0 Å². The summed E-state index contributed by atoms with van der Waals surface area (Å²) in [6.07, 6.45) is 1.26. The summed E-state index contributed by atoms with van der Waals surface area (Å²) in [5.41, 5.74) is 1.26. The van der Waals surface area contributed by atoms with Crippen molar-refractivity contribution in [2.24, 2.45) is 5.92 Å². The van der Waals surface area contributed by atoms with Gasteiger partial charge in [0.15, 0.2) is 0 Å². The molecule has 0 unspecified atom stereocenters. The Labute approximate surface area is 140 Å². The van der Waals surface area contributed by atoms with Crippen molar-refractivity contribution < 1.29 is 14.0 Å². The van der Waals surface area contributed by atoms with Crippen LogP contribution in [0.25, 0.3) is 0 Å². The normalized spacial score (nSPS) is 15.1. The molecule has 0 spiro atoms. The van der Waals surface area contributed by atoms with Crippen molar-refractivity contribution in [2.45, 2.75) is 12.8 Å². The molecular weight excluding hydrogens is 307 g/mol. The number of rotatable bonds is 3. The van der Waals surface area contributed by atoms with E-state index >= 15 is 0 Å². The predicted octanol–water partition coefficient (Wildman–Crippen LogP) is 3.32. The van der Waals surface area contributed by atoms with Gasteiger partial charge in [-0.3, -0.25) is 9.59 Å². The smallest absolute Gasteiger partial charge is 0.253 e. The van der Waals surface area contributed by atoms with Crippen LogP contribution >= 0.6 is 0 Å². The van der Waals surface area contributed by atoms with E-state index in [9.17, 15) is 14.0 Å². The monoisotopic (exact) mass is 326 g/mol. The topological polar surface area (TPSA) is 49.4 Å². The Morgan fingerprint density at radius 2 is 1.58 bits per heavy atom. The van der Waals surface area contributed by atoms with Gasteiger partial charge >= 0.3 is 0 Å². The molecule has 4 nitrogen and oxygen atoms in total. The van der Waals surface area contributed by atoms with Crippen LogP contribution in [-0.2, 0) is 4.79 Å². The van der Waals surface area contributed by atoms with E-state index in [2.05, 4.69) is 5.32 Å². The number of nitrogens with one attached hydrogen (secondary N) is 1. The van der Waals surface area contributed by atoms with Crippen LogP contribution < -0.4 is 5.32 Å². The molecule has 0 aromatic heterocycles. The molecule has 1 N–H and O–H groups in total. The summed E-state index contributed by atoms with van der Waals surface area (Å²) >= 11 is 0. The molecule has 1 aliphatic heterocycles. The maximum Gasteiger partial charge on any atom is 0.253 e. The van der Waals surface area contributed by atoms with Gasteiger partial charge in [0.2, 0.25) is 5.91 Å². The number of benzene rings is 2. The minimum absolute atomic E-state index is 0.00455.